The highest BCUT2D eigenvalue weighted by Crippen LogP contribution is 2.42. The standard InChI is InChI=1S/C50H32N4/c1-3-11-37-33(9-1)21-27-39-43-29-51-45-15-7-5-13-41(45)49(43)53(47(37)39)35-23-17-31(18-24-35)32-19-25-36(26-20-32)54-48-38-12-4-2-10-34(38)22-28-40(48)44-30-52-46-16-8-6-14-42(46)50(44)54/h1-7,9-15,17-30H,8,16H2. The number of hydrogen-bond donors (Lipinski definition) is 0. The van der Waals surface area contributed by atoms with Crippen molar-refractivity contribution in [3.8, 4) is 22.5 Å². The average molecular weight is 689 g/mol. The van der Waals surface area contributed by atoms with Gasteiger partial charge in [0.2, 0.25) is 0 Å². The second kappa shape index (κ2) is 11.2. The van der Waals surface area contributed by atoms with E-state index >= 15 is 0 Å². The SMILES string of the molecule is C1=Cc2c(ncc3c4ccc5ccccc5c4n(-c4ccc(-c5ccc(-n6c7c8ccccc8ccc7c7cnc8ccccc8c76)cc5)cc4)c23)CC1. The topological polar surface area (TPSA) is 35.6 Å². The monoisotopic (exact) mass is 688 g/mol. The fourth-order valence-electron chi connectivity index (χ4n) is 9.13. The van der Waals surface area contributed by atoms with Crippen LogP contribution >= 0.6 is 0 Å². The molecule has 4 heterocycles. The zero-order valence-corrected chi connectivity index (χ0v) is 29.4. The first-order valence-electron chi connectivity index (χ1n) is 18.7. The maximum Gasteiger partial charge on any atom is 0.0723 e. The normalized spacial score (nSPS) is 13.0. The van der Waals surface area contributed by atoms with Crippen LogP contribution in [0.4, 0.5) is 0 Å². The summed E-state index contributed by atoms with van der Waals surface area (Å²) in [6.45, 7) is 0. The van der Waals surface area contributed by atoms with Gasteiger partial charge in [0.05, 0.1) is 27.6 Å². The van der Waals surface area contributed by atoms with E-state index in [1.54, 1.807) is 0 Å². The van der Waals surface area contributed by atoms with E-state index in [1.807, 2.05) is 6.20 Å². The highest BCUT2D eigenvalue weighted by atomic mass is 15.0. The van der Waals surface area contributed by atoms with E-state index in [0.717, 1.165) is 35.1 Å². The highest BCUT2D eigenvalue weighted by molar-refractivity contribution is 6.23. The number of aryl methyl sites for hydroxylation is 1. The van der Waals surface area contributed by atoms with Gasteiger partial charge in [0.25, 0.3) is 0 Å². The Morgan fingerprint density at radius 1 is 0.407 bits per heavy atom. The van der Waals surface area contributed by atoms with Gasteiger partial charge in [-0.1, -0.05) is 127 Å². The maximum atomic E-state index is 4.96. The fraction of sp³-hybridized carbons (Fsp3) is 0.0400. The number of nitrogens with zero attached hydrogens (tertiary/aromatic N) is 4. The summed E-state index contributed by atoms with van der Waals surface area (Å²) in [6, 6.07) is 53.0. The number of pyridine rings is 2. The largest absolute Gasteiger partial charge is 0.308 e. The van der Waals surface area contributed by atoms with Crippen molar-refractivity contribution in [3.63, 3.8) is 0 Å². The molecule has 0 fully saturated rings. The van der Waals surface area contributed by atoms with Crippen molar-refractivity contribution in [1.29, 1.82) is 0 Å². The van der Waals surface area contributed by atoms with Crippen LogP contribution in [0.25, 0.3) is 105 Å². The number of aromatic nitrogens is 4. The summed E-state index contributed by atoms with van der Waals surface area (Å²) >= 11 is 0. The molecule has 0 saturated heterocycles. The number of hydrogen-bond acceptors (Lipinski definition) is 2. The molecule has 252 valence electrons. The first-order valence-corrected chi connectivity index (χ1v) is 18.7. The van der Waals surface area contributed by atoms with Gasteiger partial charge in [-0.25, -0.2) is 0 Å². The summed E-state index contributed by atoms with van der Waals surface area (Å²) in [5, 5.41) is 10.9. The summed E-state index contributed by atoms with van der Waals surface area (Å²) in [5.41, 5.74) is 12.9. The van der Waals surface area contributed by atoms with Crippen molar-refractivity contribution >= 4 is 82.1 Å². The Bertz CT molecular complexity index is 3270. The molecule has 0 unspecified atom stereocenters. The van der Waals surface area contributed by atoms with Crippen LogP contribution in [0, 0.1) is 0 Å². The van der Waals surface area contributed by atoms with Gasteiger partial charge in [-0.15, -0.1) is 0 Å². The first kappa shape index (κ1) is 29.5. The number of benzene rings is 7. The Morgan fingerprint density at radius 3 is 1.57 bits per heavy atom. The predicted molar refractivity (Wildman–Crippen MR) is 226 cm³/mol. The molecule has 54 heavy (non-hydrogen) atoms. The number of allylic oxidation sites excluding steroid dienone is 1. The molecule has 0 spiro atoms. The van der Waals surface area contributed by atoms with Crippen LogP contribution in [-0.2, 0) is 6.42 Å². The number of rotatable bonds is 3. The van der Waals surface area contributed by atoms with Gasteiger partial charge < -0.3 is 9.13 Å². The van der Waals surface area contributed by atoms with Gasteiger partial charge in [0, 0.05) is 72.7 Å². The molecular formula is C50H32N4. The lowest BCUT2D eigenvalue weighted by atomic mass is 10.00. The lowest BCUT2D eigenvalue weighted by Gasteiger charge is -2.15. The molecule has 4 aromatic heterocycles. The minimum Gasteiger partial charge on any atom is -0.308 e. The van der Waals surface area contributed by atoms with Crippen LogP contribution in [0.2, 0.25) is 0 Å². The van der Waals surface area contributed by atoms with Gasteiger partial charge in [-0.2, -0.15) is 0 Å². The smallest absolute Gasteiger partial charge is 0.0723 e. The van der Waals surface area contributed by atoms with E-state index in [9.17, 15) is 0 Å². The van der Waals surface area contributed by atoms with Crippen molar-refractivity contribution < 1.29 is 0 Å². The molecule has 4 heteroatoms. The Kier molecular flexibility index (Phi) is 6.14. The lowest BCUT2D eigenvalue weighted by molar-refractivity contribution is 0.930. The van der Waals surface area contributed by atoms with Gasteiger partial charge in [0.15, 0.2) is 0 Å². The fourth-order valence-corrected chi connectivity index (χ4v) is 9.13. The molecule has 0 N–H and O–H groups in total. The molecule has 0 atom stereocenters. The third-order valence-electron chi connectivity index (χ3n) is 11.6. The molecular weight excluding hydrogens is 657 g/mol. The molecule has 7 aromatic carbocycles. The van der Waals surface area contributed by atoms with E-state index < -0.39 is 0 Å². The van der Waals surface area contributed by atoms with Gasteiger partial charge in [-0.05, 0) is 65.1 Å². The molecule has 12 rings (SSSR count). The quantitative estimate of drug-likeness (QED) is 0.185. The molecule has 1 aliphatic carbocycles. The van der Waals surface area contributed by atoms with Crippen molar-refractivity contribution in [1.82, 2.24) is 19.1 Å². The summed E-state index contributed by atoms with van der Waals surface area (Å²) in [4.78, 5) is 9.83. The zero-order chi connectivity index (χ0) is 35.3. The van der Waals surface area contributed by atoms with Crippen LogP contribution < -0.4 is 0 Å². The van der Waals surface area contributed by atoms with Gasteiger partial charge in [-0.3, -0.25) is 9.97 Å². The van der Waals surface area contributed by atoms with E-state index in [4.69, 9.17) is 9.97 Å². The van der Waals surface area contributed by atoms with Crippen molar-refractivity contribution in [2.24, 2.45) is 0 Å². The van der Waals surface area contributed by atoms with E-state index in [0.29, 0.717) is 0 Å². The van der Waals surface area contributed by atoms with E-state index in [-0.39, 0.29) is 0 Å². The molecule has 4 nitrogen and oxygen atoms in total. The Hall–Kier alpha value is -7.04. The molecule has 0 radical (unpaired) electrons. The minimum atomic E-state index is 0.969. The third-order valence-corrected chi connectivity index (χ3v) is 11.6. The highest BCUT2D eigenvalue weighted by Gasteiger charge is 2.21. The lowest BCUT2D eigenvalue weighted by Crippen LogP contribution is -2.02. The molecule has 0 saturated carbocycles. The summed E-state index contributed by atoms with van der Waals surface area (Å²) in [5.74, 6) is 0. The zero-order valence-electron chi connectivity index (χ0n) is 29.4. The Labute approximate surface area is 310 Å². The van der Waals surface area contributed by atoms with Gasteiger partial charge >= 0.3 is 0 Å². The van der Waals surface area contributed by atoms with Crippen LogP contribution in [0.15, 0.2) is 164 Å². The van der Waals surface area contributed by atoms with Crippen LogP contribution in [0.1, 0.15) is 17.7 Å². The Balaban J connectivity index is 1.02. The van der Waals surface area contributed by atoms with Crippen molar-refractivity contribution in [2.75, 3.05) is 0 Å². The Morgan fingerprint density at radius 2 is 0.926 bits per heavy atom. The predicted octanol–water partition coefficient (Wildman–Crippen LogP) is 12.8. The summed E-state index contributed by atoms with van der Waals surface area (Å²) < 4.78 is 4.92. The minimum absolute atomic E-state index is 0.969. The van der Waals surface area contributed by atoms with Crippen molar-refractivity contribution in [2.45, 2.75) is 12.8 Å². The van der Waals surface area contributed by atoms with E-state index in [1.165, 1.54) is 87.5 Å². The summed E-state index contributed by atoms with van der Waals surface area (Å²) in [7, 11) is 0. The number of para-hydroxylation sites is 1. The van der Waals surface area contributed by atoms with Crippen LogP contribution in [0.3, 0.4) is 0 Å². The average Bonchev–Trinajstić information content (AvgIpc) is 3.78. The first-order chi connectivity index (χ1) is 26.8. The third kappa shape index (κ3) is 4.13. The molecule has 0 bridgehead atoms. The van der Waals surface area contributed by atoms with Crippen LogP contribution in [0.5, 0.6) is 0 Å². The maximum absolute atomic E-state index is 4.96. The summed E-state index contributed by atoms with van der Waals surface area (Å²) in [6.07, 6.45) is 10.7. The molecule has 0 amide bonds. The number of fused-ring (bicyclic) bond motifs is 14. The van der Waals surface area contributed by atoms with E-state index in [2.05, 4.69) is 173 Å². The molecule has 0 aliphatic heterocycles. The second-order valence-electron chi connectivity index (χ2n) is 14.5. The second-order valence-corrected chi connectivity index (χ2v) is 14.5. The molecule has 11 aromatic rings. The van der Waals surface area contributed by atoms with Crippen molar-refractivity contribution in [3.05, 3.63) is 175 Å². The molecule has 1 aliphatic rings. The van der Waals surface area contributed by atoms with Gasteiger partial charge in [0.1, 0.15) is 0 Å². The van der Waals surface area contributed by atoms with Crippen LogP contribution in [-0.4, -0.2) is 19.1 Å².